The lowest BCUT2D eigenvalue weighted by Gasteiger charge is -2.16. The molecule has 1 saturated heterocycles. The average molecular weight is 343 g/mol. The molecule has 1 heterocycles. The number of nitrogens with zero attached hydrogens (tertiary/aromatic N) is 1. The summed E-state index contributed by atoms with van der Waals surface area (Å²) in [6.45, 7) is 3.04. The molecule has 0 spiro atoms. The van der Waals surface area contributed by atoms with Crippen molar-refractivity contribution in [3.8, 4) is 0 Å². The highest BCUT2D eigenvalue weighted by Gasteiger charge is 2.30. The molecule has 1 aliphatic heterocycles. The van der Waals surface area contributed by atoms with Crippen LogP contribution in [0.2, 0.25) is 0 Å². The van der Waals surface area contributed by atoms with Gasteiger partial charge in [-0.25, -0.2) is 8.42 Å². The Morgan fingerprint density at radius 1 is 1.08 bits per heavy atom. The summed E-state index contributed by atoms with van der Waals surface area (Å²) in [6.07, 6.45) is 0.726. The summed E-state index contributed by atoms with van der Waals surface area (Å²) in [4.78, 5) is 14.6. The lowest BCUT2D eigenvalue weighted by molar-refractivity contribution is 0.0788. The van der Waals surface area contributed by atoms with E-state index in [1.807, 2.05) is 37.3 Å². The van der Waals surface area contributed by atoms with E-state index in [4.69, 9.17) is 0 Å². The van der Waals surface area contributed by atoms with Crippen LogP contribution in [0.3, 0.4) is 0 Å². The predicted octanol–water partition coefficient (Wildman–Crippen LogP) is 2.93. The first-order valence-corrected chi connectivity index (χ1v) is 9.75. The van der Waals surface area contributed by atoms with Crippen LogP contribution in [0.4, 0.5) is 0 Å². The minimum atomic E-state index is -3.31. The summed E-state index contributed by atoms with van der Waals surface area (Å²) in [7, 11) is -3.31. The van der Waals surface area contributed by atoms with Crippen LogP contribution in [0.5, 0.6) is 0 Å². The number of likely N-dealkylation sites (tertiary alicyclic amines) is 1. The average Bonchev–Trinajstić information content (AvgIpc) is 3.03. The molecule has 2 aromatic carbocycles. The van der Waals surface area contributed by atoms with Crippen LogP contribution in [-0.4, -0.2) is 38.1 Å². The van der Waals surface area contributed by atoms with Crippen molar-refractivity contribution >= 4 is 15.7 Å². The van der Waals surface area contributed by atoms with Crippen molar-refractivity contribution in [1.29, 1.82) is 0 Å². The van der Waals surface area contributed by atoms with Gasteiger partial charge in [0, 0.05) is 18.7 Å². The molecule has 1 amide bonds. The van der Waals surface area contributed by atoms with Gasteiger partial charge in [0.15, 0.2) is 9.84 Å². The molecule has 0 aromatic heterocycles. The molecule has 3 rings (SSSR count). The van der Waals surface area contributed by atoms with E-state index in [0.717, 1.165) is 12.0 Å². The largest absolute Gasteiger partial charge is 0.338 e. The van der Waals surface area contributed by atoms with Crippen molar-refractivity contribution in [2.75, 3.05) is 18.8 Å². The summed E-state index contributed by atoms with van der Waals surface area (Å²) < 4.78 is 25.1. The lowest BCUT2D eigenvalue weighted by Crippen LogP contribution is -2.29. The van der Waals surface area contributed by atoms with Crippen LogP contribution < -0.4 is 0 Å². The quantitative estimate of drug-likeness (QED) is 0.858. The number of hydrogen-bond donors (Lipinski definition) is 0. The van der Waals surface area contributed by atoms with Crippen molar-refractivity contribution in [3.63, 3.8) is 0 Å². The molecule has 0 aliphatic carbocycles. The van der Waals surface area contributed by atoms with Gasteiger partial charge >= 0.3 is 0 Å². The number of amides is 1. The van der Waals surface area contributed by atoms with Crippen molar-refractivity contribution in [3.05, 3.63) is 65.7 Å². The Balaban J connectivity index is 1.66. The van der Waals surface area contributed by atoms with Gasteiger partial charge in [-0.3, -0.25) is 4.79 Å². The Hall–Kier alpha value is -2.14. The first kappa shape index (κ1) is 16.7. The topological polar surface area (TPSA) is 54.5 Å². The molecule has 126 valence electrons. The molecule has 2 aromatic rings. The van der Waals surface area contributed by atoms with Gasteiger partial charge < -0.3 is 4.90 Å². The van der Waals surface area contributed by atoms with E-state index in [1.165, 1.54) is 0 Å². The predicted molar refractivity (Wildman–Crippen MR) is 93.7 cm³/mol. The molecular formula is C19H21NO3S. The SMILES string of the molecule is Cc1ccc(S(=O)(=O)CC2CCN(C(=O)c3ccccc3)C2)cc1. The Kier molecular flexibility index (Phi) is 4.71. The fraction of sp³-hybridized carbons (Fsp3) is 0.316. The second-order valence-corrected chi connectivity index (χ2v) is 8.40. The Labute approximate surface area is 143 Å². The van der Waals surface area contributed by atoms with Gasteiger partial charge in [0.2, 0.25) is 0 Å². The molecule has 0 radical (unpaired) electrons. The number of sulfone groups is 1. The first-order valence-electron chi connectivity index (χ1n) is 8.09. The normalized spacial score (nSPS) is 17.9. The molecule has 1 aliphatic rings. The molecule has 0 bridgehead atoms. The highest BCUT2D eigenvalue weighted by atomic mass is 32.2. The van der Waals surface area contributed by atoms with Gasteiger partial charge in [-0.1, -0.05) is 35.9 Å². The standard InChI is InChI=1S/C19H21NO3S/c1-15-7-9-18(10-8-15)24(22,23)14-16-11-12-20(13-16)19(21)17-5-3-2-4-6-17/h2-10,16H,11-14H2,1H3. The van der Waals surface area contributed by atoms with Gasteiger partial charge in [-0.2, -0.15) is 0 Å². The van der Waals surface area contributed by atoms with E-state index in [9.17, 15) is 13.2 Å². The fourth-order valence-corrected chi connectivity index (χ4v) is 4.70. The number of aryl methyl sites for hydroxylation is 1. The molecule has 0 saturated carbocycles. The lowest BCUT2D eigenvalue weighted by atomic mass is 10.1. The second-order valence-electron chi connectivity index (χ2n) is 6.37. The summed E-state index contributed by atoms with van der Waals surface area (Å²) in [5.74, 6) is 0.0593. The summed E-state index contributed by atoms with van der Waals surface area (Å²) >= 11 is 0. The third-order valence-corrected chi connectivity index (χ3v) is 6.33. The monoisotopic (exact) mass is 343 g/mol. The van der Waals surface area contributed by atoms with Crippen LogP contribution in [0.15, 0.2) is 59.5 Å². The number of hydrogen-bond acceptors (Lipinski definition) is 3. The Morgan fingerprint density at radius 2 is 1.75 bits per heavy atom. The first-order chi connectivity index (χ1) is 11.5. The van der Waals surface area contributed by atoms with E-state index >= 15 is 0 Å². The van der Waals surface area contributed by atoms with E-state index in [0.29, 0.717) is 23.5 Å². The van der Waals surface area contributed by atoms with Gasteiger partial charge in [-0.15, -0.1) is 0 Å². The van der Waals surface area contributed by atoms with Crippen molar-refractivity contribution in [2.24, 2.45) is 5.92 Å². The number of carbonyl (C=O) groups is 1. The molecule has 0 N–H and O–H groups in total. The molecule has 1 atom stereocenters. The Bertz CT molecular complexity index is 813. The van der Waals surface area contributed by atoms with Crippen LogP contribution >= 0.6 is 0 Å². The van der Waals surface area contributed by atoms with Crippen LogP contribution in [0.1, 0.15) is 22.3 Å². The summed E-state index contributed by atoms with van der Waals surface area (Å²) in [6, 6.07) is 16.1. The third kappa shape index (κ3) is 3.67. The zero-order chi connectivity index (χ0) is 17.2. The highest BCUT2D eigenvalue weighted by molar-refractivity contribution is 7.91. The van der Waals surface area contributed by atoms with Gasteiger partial charge in [0.05, 0.1) is 10.6 Å². The second kappa shape index (κ2) is 6.77. The van der Waals surface area contributed by atoms with Crippen molar-refractivity contribution in [2.45, 2.75) is 18.2 Å². The summed E-state index contributed by atoms with van der Waals surface area (Å²) in [5.41, 5.74) is 1.69. The van der Waals surface area contributed by atoms with Gasteiger partial charge in [0.1, 0.15) is 0 Å². The fourth-order valence-electron chi connectivity index (χ4n) is 3.07. The Morgan fingerprint density at radius 3 is 2.42 bits per heavy atom. The molecule has 1 unspecified atom stereocenters. The van der Waals surface area contributed by atoms with Crippen LogP contribution in [0, 0.1) is 12.8 Å². The van der Waals surface area contributed by atoms with E-state index in [1.54, 1.807) is 29.2 Å². The van der Waals surface area contributed by atoms with E-state index < -0.39 is 9.84 Å². The zero-order valence-electron chi connectivity index (χ0n) is 13.7. The third-order valence-electron chi connectivity index (χ3n) is 4.43. The number of benzene rings is 2. The number of carbonyl (C=O) groups excluding carboxylic acids is 1. The minimum Gasteiger partial charge on any atom is -0.338 e. The molecule has 1 fully saturated rings. The molecule has 4 nitrogen and oxygen atoms in total. The van der Waals surface area contributed by atoms with Crippen LogP contribution in [0.25, 0.3) is 0 Å². The van der Waals surface area contributed by atoms with E-state index in [-0.39, 0.29) is 17.6 Å². The minimum absolute atomic E-state index is 0.0102. The van der Waals surface area contributed by atoms with Crippen molar-refractivity contribution in [1.82, 2.24) is 4.90 Å². The van der Waals surface area contributed by atoms with Gasteiger partial charge in [-0.05, 0) is 43.5 Å². The zero-order valence-corrected chi connectivity index (χ0v) is 14.5. The smallest absolute Gasteiger partial charge is 0.253 e. The maximum Gasteiger partial charge on any atom is 0.253 e. The highest BCUT2D eigenvalue weighted by Crippen LogP contribution is 2.23. The number of rotatable bonds is 4. The maximum atomic E-state index is 12.5. The molecule has 5 heteroatoms. The molecule has 24 heavy (non-hydrogen) atoms. The summed E-state index contributed by atoms with van der Waals surface area (Å²) in [5, 5.41) is 0. The van der Waals surface area contributed by atoms with E-state index in [2.05, 4.69) is 0 Å². The maximum absolute atomic E-state index is 12.5. The van der Waals surface area contributed by atoms with Gasteiger partial charge in [0.25, 0.3) is 5.91 Å². The molecular weight excluding hydrogens is 322 g/mol. The van der Waals surface area contributed by atoms with Crippen molar-refractivity contribution < 1.29 is 13.2 Å². The van der Waals surface area contributed by atoms with Crippen LogP contribution in [-0.2, 0) is 9.84 Å².